The first kappa shape index (κ1) is 21.5. The van der Waals surface area contributed by atoms with Gasteiger partial charge < -0.3 is 5.11 Å². The van der Waals surface area contributed by atoms with Crippen molar-refractivity contribution in [1.82, 2.24) is 4.90 Å². The zero-order valence-electron chi connectivity index (χ0n) is 17.7. The summed E-state index contributed by atoms with van der Waals surface area (Å²) in [5.74, 6) is -0.728. The summed E-state index contributed by atoms with van der Waals surface area (Å²) in [4.78, 5) is 28.0. The van der Waals surface area contributed by atoms with Gasteiger partial charge in [-0.3, -0.25) is 14.5 Å². The zero-order valence-corrected chi connectivity index (χ0v) is 18.5. The number of Topliss-reactive ketones (excluding diaryl/α,β-unsaturated/α-hetero) is 1. The van der Waals surface area contributed by atoms with Crippen LogP contribution in [0.2, 0.25) is 0 Å². The van der Waals surface area contributed by atoms with Crippen molar-refractivity contribution in [2.75, 3.05) is 13.1 Å². The van der Waals surface area contributed by atoms with Gasteiger partial charge in [-0.25, -0.2) is 0 Å². The summed E-state index contributed by atoms with van der Waals surface area (Å²) in [7, 11) is 0. The average Bonchev–Trinajstić information content (AvgIpc) is 3.20. The number of rotatable bonds is 9. The molecule has 2 aromatic carbocycles. The SMILES string of the molecule is CCc1sc(C(=O)CCc2ccc(CN3CC(C(=O)O)C3)cc2)cc1-c1ccccc1. The van der Waals surface area contributed by atoms with Gasteiger partial charge in [0.2, 0.25) is 0 Å². The first-order chi connectivity index (χ1) is 15.0. The summed E-state index contributed by atoms with van der Waals surface area (Å²) in [6, 6.07) is 20.7. The largest absolute Gasteiger partial charge is 0.481 e. The molecule has 31 heavy (non-hydrogen) atoms. The van der Waals surface area contributed by atoms with Crippen LogP contribution in [0, 0.1) is 5.92 Å². The molecule has 1 aliphatic heterocycles. The van der Waals surface area contributed by atoms with E-state index in [2.05, 4.69) is 54.3 Å². The van der Waals surface area contributed by atoms with E-state index in [1.807, 2.05) is 18.2 Å². The van der Waals surface area contributed by atoms with Crippen LogP contribution in [0.1, 0.15) is 39.0 Å². The topological polar surface area (TPSA) is 57.6 Å². The number of likely N-dealkylation sites (tertiary alicyclic amines) is 1. The van der Waals surface area contributed by atoms with E-state index in [-0.39, 0.29) is 11.7 Å². The lowest BCUT2D eigenvalue weighted by molar-refractivity contribution is -0.147. The van der Waals surface area contributed by atoms with E-state index in [4.69, 9.17) is 5.11 Å². The molecule has 160 valence electrons. The maximum Gasteiger partial charge on any atom is 0.309 e. The molecule has 3 aromatic rings. The van der Waals surface area contributed by atoms with Crippen molar-refractivity contribution in [3.05, 3.63) is 81.5 Å². The molecule has 1 saturated heterocycles. The van der Waals surface area contributed by atoms with Gasteiger partial charge in [0.1, 0.15) is 0 Å². The summed E-state index contributed by atoms with van der Waals surface area (Å²) in [6.07, 6.45) is 2.15. The Morgan fingerprint density at radius 3 is 2.35 bits per heavy atom. The molecule has 1 N–H and O–H groups in total. The van der Waals surface area contributed by atoms with Crippen LogP contribution < -0.4 is 0 Å². The van der Waals surface area contributed by atoms with Crippen LogP contribution in [0.4, 0.5) is 0 Å². The number of hydrogen-bond donors (Lipinski definition) is 1. The van der Waals surface area contributed by atoms with Crippen LogP contribution in [-0.4, -0.2) is 34.8 Å². The molecule has 0 bridgehead atoms. The van der Waals surface area contributed by atoms with E-state index in [0.29, 0.717) is 19.5 Å². The Morgan fingerprint density at radius 2 is 1.71 bits per heavy atom. The van der Waals surface area contributed by atoms with Crippen molar-refractivity contribution in [3.8, 4) is 11.1 Å². The van der Waals surface area contributed by atoms with Crippen molar-refractivity contribution < 1.29 is 14.7 Å². The molecule has 4 rings (SSSR count). The van der Waals surface area contributed by atoms with Gasteiger partial charge >= 0.3 is 5.97 Å². The Morgan fingerprint density at radius 1 is 1.03 bits per heavy atom. The molecule has 0 amide bonds. The summed E-state index contributed by atoms with van der Waals surface area (Å²) in [5, 5.41) is 8.97. The molecule has 4 nitrogen and oxygen atoms in total. The number of benzene rings is 2. The molecule has 1 fully saturated rings. The minimum absolute atomic E-state index is 0.200. The quantitative estimate of drug-likeness (QED) is 0.465. The molecule has 0 spiro atoms. The third-order valence-corrected chi connectivity index (χ3v) is 7.19. The van der Waals surface area contributed by atoms with Gasteiger partial charge in [0.05, 0.1) is 10.8 Å². The van der Waals surface area contributed by atoms with Gasteiger partial charge in [-0.1, -0.05) is 61.5 Å². The number of carbonyl (C=O) groups excluding carboxylic acids is 1. The fraction of sp³-hybridized carbons (Fsp3) is 0.308. The van der Waals surface area contributed by atoms with Crippen LogP contribution in [0.15, 0.2) is 60.7 Å². The molecular weight excluding hydrogens is 406 g/mol. The summed E-state index contributed by atoms with van der Waals surface area (Å²) in [6.45, 7) is 4.16. The highest BCUT2D eigenvalue weighted by molar-refractivity contribution is 7.14. The standard InChI is InChI=1S/C26H27NO3S/c1-2-24-22(20-6-4-3-5-7-20)14-25(31-24)23(28)13-12-18-8-10-19(11-9-18)15-27-16-21(17-27)26(29)30/h3-11,14,21H,2,12-13,15-17H2,1H3,(H,29,30). The number of carboxylic acids is 1. The van der Waals surface area contributed by atoms with Crippen molar-refractivity contribution >= 4 is 23.1 Å². The van der Waals surface area contributed by atoms with Crippen molar-refractivity contribution in [1.29, 1.82) is 0 Å². The second-order valence-corrected chi connectivity index (χ2v) is 9.27. The second-order valence-electron chi connectivity index (χ2n) is 8.14. The summed E-state index contributed by atoms with van der Waals surface area (Å²) < 4.78 is 0. The van der Waals surface area contributed by atoms with Gasteiger partial charge in [-0.15, -0.1) is 11.3 Å². The van der Waals surface area contributed by atoms with Gasteiger partial charge in [0, 0.05) is 30.9 Å². The Hall–Kier alpha value is -2.76. The number of carbonyl (C=O) groups is 2. The zero-order chi connectivity index (χ0) is 21.8. The Kier molecular flexibility index (Phi) is 6.64. The number of hydrogen-bond acceptors (Lipinski definition) is 4. The maximum atomic E-state index is 12.8. The summed E-state index contributed by atoms with van der Waals surface area (Å²) >= 11 is 1.62. The third kappa shape index (κ3) is 5.12. The molecular formula is C26H27NO3S. The number of thiophene rings is 1. The molecule has 0 unspecified atom stereocenters. The Labute approximate surface area is 187 Å². The number of carboxylic acid groups (broad SMARTS) is 1. The van der Waals surface area contributed by atoms with E-state index in [1.165, 1.54) is 21.6 Å². The number of aliphatic carboxylic acids is 1. The fourth-order valence-corrected chi connectivity index (χ4v) is 5.09. The molecule has 0 radical (unpaired) electrons. The maximum absolute atomic E-state index is 12.8. The predicted octanol–water partition coefficient (Wildman–Crippen LogP) is 5.31. The van der Waals surface area contributed by atoms with E-state index in [0.717, 1.165) is 29.8 Å². The number of nitrogens with zero attached hydrogens (tertiary/aromatic N) is 1. The molecule has 1 aliphatic rings. The van der Waals surface area contributed by atoms with Crippen LogP contribution in [0.5, 0.6) is 0 Å². The van der Waals surface area contributed by atoms with Gasteiger partial charge in [-0.05, 0) is 41.2 Å². The van der Waals surface area contributed by atoms with E-state index >= 15 is 0 Å². The average molecular weight is 434 g/mol. The van der Waals surface area contributed by atoms with Crippen molar-refractivity contribution in [2.45, 2.75) is 32.7 Å². The van der Waals surface area contributed by atoms with Crippen molar-refractivity contribution in [2.24, 2.45) is 5.92 Å². The predicted molar refractivity (Wildman–Crippen MR) is 125 cm³/mol. The highest BCUT2D eigenvalue weighted by Crippen LogP contribution is 2.33. The first-order valence-electron chi connectivity index (χ1n) is 10.8. The number of aryl methyl sites for hydroxylation is 2. The van der Waals surface area contributed by atoms with Gasteiger partial charge in [0.15, 0.2) is 5.78 Å². The van der Waals surface area contributed by atoms with Gasteiger partial charge in [0.25, 0.3) is 0 Å². The lowest BCUT2D eigenvalue weighted by atomic mass is 9.99. The minimum Gasteiger partial charge on any atom is -0.481 e. The number of ketones is 1. The monoisotopic (exact) mass is 433 g/mol. The molecule has 0 saturated carbocycles. The van der Waals surface area contributed by atoms with Crippen molar-refractivity contribution in [3.63, 3.8) is 0 Å². The highest BCUT2D eigenvalue weighted by Gasteiger charge is 2.32. The molecule has 5 heteroatoms. The lowest BCUT2D eigenvalue weighted by Crippen LogP contribution is -2.49. The minimum atomic E-state index is -0.705. The normalized spacial score (nSPS) is 14.4. The third-order valence-electron chi connectivity index (χ3n) is 5.87. The van der Waals surface area contributed by atoms with Gasteiger partial charge in [-0.2, -0.15) is 0 Å². The van der Waals surface area contributed by atoms with Crippen LogP contribution in [0.3, 0.4) is 0 Å². The molecule has 0 atom stereocenters. The van der Waals surface area contributed by atoms with E-state index in [1.54, 1.807) is 11.3 Å². The molecule has 2 heterocycles. The Balaban J connectivity index is 1.33. The second kappa shape index (κ2) is 9.58. The molecule has 1 aromatic heterocycles. The van der Waals surface area contributed by atoms with Crippen LogP contribution in [0.25, 0.3) is 11.1 Å². The van der Waals surface area contributed by atoms with Crippen LogP contribution in [-0.2, 0) is 24.2 Å². The Bertz CT molecular complexity index is 1050. The first-order valence-corrected chi connectivity index (χ1v) is 11.6. The van der Waals surface area contributed by atoms with Crippen LogP contribution >= 0.6 is 11.3 Å². The van der Waals surface area contributed by atoms with E-state index in [9.17, 15) is 9.59 Å². The van der Waals surface area contributed by atoms with E-state index < -0.39 is 5.97 Å². The molecule has 0 aliphatic carbocycles. The smallest absolute Gasteiger partial charge is 0.309 e. The highest BCUT2D eigenvalue weighted by atomic mass is 32.1. The summed E-state index contributed by atoms with van der Waals surface area (Å²) in [5.41, 5.74) is 4.68. The lowest BCUT2D eigenvalue weighted by Gasteiger charge is -2.36. The fourth-order valence-electron chi connectivity index (χ4n) is 4.00.